The first-order valence-corrected chi connectivity index (χ1v) is 6.71. The Bertz CT molecular complexity index is 647. The van der Waals surface area contributed by atoms with E-state index in [-0.39, 0.29) is 9.90 Å². The van der Waals surface area contributed by atoms with E-state index in [1.165, 1.54) is 18.2 Å². The Morgan fingerprint density at radius 1 is 1.45 bits per heavy atom. The number of hydrogen-bond donors (Lipinski definition) is 2. The summed E-state index contributed by atoms with van der Waals surface area (Å²) in [5, 5.41) is 11.7. The molecule has 1 aromatic carbocycles. The lowest BCUT2D eigenvalue weighted by molar-refractivity contribution is -0.00267. The minimum Gasteiger partial charge on any atom is -0.385 e. The maximum absolute atomic E-state index is 13.1. The number of benzene rings is 1. The zero-order valence-electron chi connectivity index (χ0n) is 9.87. The van der Waals surface area contributed by atoms with Crippen LogP contribution in [0.2, 0.25) is 5.02 Å². The van der Waals surface area contributed by atoms with Crippen molar-refractivity contribution in [3.63, 3.8) is 0 Å². The van der Waals surface area contributed by atoms with E-state index in [0.717, 1.165) is 11.3 Å². The number of fused-ring (bicyclic) bond motifs is 1. The summed E-state index contributed by atoms with van der Waals surface area (Å²) in [7, 11) is 0. The molecule has 0 saturated heterocycles. The van der Waals surface area contributed by atoms with Crippen LogP contribution in [-0.2, 0) is 0 Å². The van der Waals surface area contributed by atoms with Gasteiger partial charge in [0.2, 0.25) is 0 Å². The lowest BCUT2D eigenvalue weighted by Gasteiger charge is -2.09. The predicted octanol–water partition coefficient (Wildman–Crippen LogP) is 3.05. The number of aliphatic hydroxyl groups excluding tert-OH is 1. The van der Waals surface area contributed by atoms with Crippen LogP contribution in [0.4, 0.5) is 13.2 Å². The van der Waals surface area contributed by atoms with Gasteiger partial charge in [0, 0.05) is 16.6 Å². The molecule has 8 heteroatoms. The fraction of sp³-hybridized carbons (Fsp3) is 0.250. The Kier molecular flexibility index (Phi) is 4.52. The van der Waals surface area contributed by atoms with Crippen molar-refractivity contribution in [2.24, 2.45) is 0 Å². The molecule has 0 aliphatic carbocycles. The monoisotopic (exact) mass is 323 g/mol. The van der Waals surface area contributed by atoms with Crippen LogP contribution in [-0.4, -0.2) is 30.1 Å². The molecule has 2 aromatic rings. The van der Waals surface area contributed by atoms with E-state index >= 15 is 0 Å². The average Bonchev–Trinajstić information content (AvgIpc) is 2.72. The highest BCUT2D eigenvalue weighted by molar-refractivity contribution is 7.21. The zero-order valence-corrected chi connectivity index (χ0v) is 11.4. The van der Waals surface area contributed by atoms with Crippen molar-refractivity contribution in [2.75, 3.05) is 6.54 Å². The zero-order chi connectivity index (χ0) is 14.9. The van der Waals surface area contributed by atoms with E-state index < -0.39 is 30.8 Å². The van der Waals surface area contributed by atoms with Gasteiger partial charge < -0.3 is 10.4 Å². The molecule has 108 valence electrons. The highest BCUT2D eigenvalue weighted by Crippen LogP contribution is 2.35. The summed E-state index contributed by atoms with van der Waals surface area (Å²) in [6, 6.07) is 3.88. The van der Waals surface area contributed by atoms with Gasteiger partial charge in [0.25, 0.3) is 12.3 Å². The number of alkyl halides is 2. The Hall–Kier alpha value is -1.31. The summed E-state index contributed by atoms with van der Waals surface area (Å²) in [5.41, 5.74) is 0. The van der Waals surface area contributed by atoms with Gasteiger partial charge in [-0.1, -0.05) is 11.6 Å². The molecule has 1 unspecified atom stereocenters. The molecule has 3 nitrogen and oxygen atoms in total. The summed E-state index contributed by atoms with van der Waals surface area (Å²) >= 11 is 6.95. The highest BCUT2D eigenvalue weighted by Gasteiger charge is 2.21. The quantitative estimate of drug-likeness (QED) is 0.908. The van der Waals surface area contributed by atoms with Crippen molar-refractivity contribution in [3.8, 4) is 0 Å². The number of carbonyl (C=O) groups excluding carboxylic acids is 1. The van der Waals surface area contributed by atoms with Gasteiger partial charge in [-0.25, -0.2) is 13.2 Å². The van der Waals surface area contributed by atoms with Crippen LogP contribution in [0.3, 0.4) is 0 Å². The molecule has 0 spiro atoms. The van der Waals surface area contributed by atoms with Crippen LogP contribution >= 0.6 is 22.9 Å². The molecule has 1 amide bonds. The summed E-state index contributed by atoms with van der Waals surface area (Å²) in [6.07, 6.45) is -4.88. The molecule has 0 saturated carbocycles. The average molecular weight is 324 g/mol. The number of nitrogens with one attached hydrogen (secondary N) is 1. The summed E-state index contributed by atoms with van der Waals surface area (Å²) in [4.78, 5) is 11.9. The summed E-state index contributed by atoms with van der Waals surface area (Å²) in [6.45, 7) is -0.588. The highest BCUT2D eigenvalue weighted by atomic mass is 35.5. The fourth-order valence-corrected chi connectivity index (χ4v) is 3.01. The molecule has 2 rings (SSSR count). The Labute approximate surface area is 121 Å². The van der Waals surface area contributed by atoms with Crippen LogP contribution in [0, 0.1) is 5.82 Å². The lowest BCUT2D eigenvalue weighted by atomic mass is 10.2. The molecule has 2 N–H and O–H groups in total. The van der Waals surface area contributed by atoms with Crippen molar-refractivity contribution >= 4 is 38.9 Å². The van der Waals surface area contributed by atoms with Gasteiger partial charge in [0.05, 0.1) is 5.02 Å². The number of amides is 1. The molecule has 1 heterocycles. The fourth-order valence-electron chi connectivity index (χ4n) is 1.55. The first-order valence-electron chi connectivity index (χ1n) is 5.52. The number of rotatable bonds is 4. The van der Waals surface area contributed by atoms with Gasteiger partial charge in [0.15, 0.2) is 0 Å². The van der Waals surface area contributed by atoms with Crippen LogP contribution in [0.1, 0.15) is 9.67 Å². The molecular formula is C12H9ClF3NO2S. The van der Waals surface area contributed by atoms with E-state index in [1.807, 2.05) is 0 Å². The SMILES string of the molecule is O=C(NCC(O)C(F)F)c1sc2cc(F)ccc2c1Cl. The van der Waals surface area contributed by atoms with Crippen molar-refractivity contribution in [2.45, 2.75) is 12.5 Å². The second-order valence-electron chi connectivity index (χ2n) is 4.00. The van der Waals surface area contributed by atoms with Crippen LogP contribution < -0.4 is 5.32 Å². The van der Waals surface area contributed by atoms with E-state index in [9.17, 15) is 18.0 Å². The molecule has 0 bridgehead atoms. The third-order valence-corrected chi connectivity index (χ3v) is 4.22. The number of hydrogen-bond acceptors (Lipinski definition) is 3. The van der Waals surface area contributed by atoms with Crippen LogP contribution in [0.5, 0.6) is 0 Å². The summed E-state index contributed by atoms with van der Waals surface area (Å²) in [5.74, 6) is -1.15. The predicted molar refractivity (Wildman–Crippen MR) is 71.1 cm³/mol. The van der Waals surface area contributed by atoms with Gasteiger partial charge in [0.1, 0.15) is 16.8 Å². The Morgan fingerprint density at radius 2 is 2.15 bits per heavy atom. The second-order valence-corrected chi connectivity index (χ2v) is 5.43. The van der Waals surface area contributed by atoms with Gasteiger partial charge in [-0.3, -0.25) is 4.79 Å². The Balaban J connectivity index is 2.20. The maximum Gasteiger partial charge on any atom is 0.265 e. The molecule has 0 aliphatic heterocycles. The van der Waals surface area contributed by atoms with Crippen molar-refractivity contribution in [1.82, 2.24) is 5.32 Å². The number of carbonyl (C=O) groups is 1. The first kappa shape index (κ1) is 15.1. The third kappa shape index (κ3) is 3.05. The Morgan fingerprint density at radius 3 is 2.80 bits per heavy atom. The van der Waals surface area contributed by atoms with E-state index in [1.54, 1.807) is 0 Å². The van der Waals surface area contributed by atoms with Gasteiger partial charge in [-0.15, -0.1) is 11.3 Å². The molecule has 1 atom stereocenters. The first-order chi connectivity index (χ1) is 9.40. The molecule has 0 aliphatic rings. The van der Waals surface area contributed by atoms with E-state index in [2.05, 4.69) is 5.32 Å². The minimum atomic E-state index is -2.94. The molecule has 20 heavy (non-hydrogen) atoms. The molecular weight excluding hydrogens is 315 g/mol. The second kappa shape index (κ2) is 5.99. The molecule has 0 fully saturated rings. The van der Waals surface area contributed by atoms with Gasteiger partial charge >= 0.3 is 0 Å². The number of thiophene rings is 1. The minimum absolute atomic E-state index is 0.0914. The van der Waals surface area contributed by atoms with Gasteiger partial charge in [-0.05, 0) is 18.2 Å². The van der Waals surface area contributed by atoms with Crippen molar-refractivity contribution < 1.29 is 23.1 Å². The third-order valence-electron chi connectivity index (χ3n) is 2.56. The standard InChI is InChI=1S/C12H9ClF3NO2S/c13-9-6-2-1-5(14)3-8(6)20-10(9)12(19)17-4-7(18)11(15)16/h1-3,7,11,18H,4H2,(H,17,19). The smallest absolute Gasteiger partial charge is 0.265 e. The molecule has 1 aromatic heterocycles. The van der Waals surface area contributed by atoms with E-state index in [4.69, 9.17) is 16.7 Å². The number of aliphatic hydroxyl groups is 1. The number of halogens is 4. The topological polar surface area (TPSA) is 49.3 Å². The van der Waals surface area contributed by atoms with Crippen LogP contribution in [0.15, 0.2) is 18.2 Å². The van der Waals surface area contributed by atoms with Crippen molar-refractivity contribution in [3.05, 3.63) is 33.9 Å². The summed E-state index contributed by atoms with van der Waals surface area (Å²) < 4.78 is 37.8. The normalized spacial score (nSPS) is 12.9. The van der Waals surface area contributed by atoms with E-state index in [0.29, 0.717) is 10.1 Å². The van der Waals surface area contributed by atoms with Crippen molar-refractivity contribution in [1.29, 1.82) is 0 Å². The largest absolute Gasteiger partial charge is 0.385 e. The van der Waals surface area contributed by atoms with Crippen LogP contribution in [0.25, 0.3) is 10.1 Å². The van der Waals surface area contributed by atoms with Gasteiger partial charge in [-0.2, -0.15) is 0 Å². The maximum atomic E-state index is 13.1. The molecule has 0 radical (unpaired) electrons. The lowest BCUT2D eigenvalue weighted by Crippen LogP contribution is -2.35.